The lowest BCUT2D eigenvalue weighted by molar-refractivity contribution is 0.733. The molecule has 0 aliphatic carbocycles. The van der Waals surface area contributed by atoms with Crippen molar-refractivity contribution in [3.63, 3.8) is 0 Å². The van der Waals surface area contributed by atoms with Crippen LogP contribution < -0.4 is 5.32 Å². The van der Waals surface area contributed by atoms with Gasteiger partial charge in [0.2, 0.25) is 0 Å². The minimum absolute atomic E-state index is 0.571. The van der Waals surface area contributed by atoms with Crippen LogP contribution in [0.25, 0.3) is 17.0 Å². The second-order valence-corrected chi connectivity index (χ2v) is 6.69. The van der Waals surface area contributed by atoms with Gasteiger partial charge in [0.1, 0.15) is 11.6 Å². The number of aromatic nitrogens is 6. The molecule has 1 N–H and O–H groups in total. The van der Waals surface area contributed by atoms with Crippen LogP contribution in [-0.4, -0.2) is 29.4 Å². The van der Waals surface area contributed by atoms with Crippen molar-refractivity contribution in [1.82, 2.24) is 29.4 Å². The molecule has 5 rings (SSSR count). The minimum atomic E-state index is 0.571. The van der Waals surface area contributed by atoms with E-state index in [1.165, 1.54) is 5.56 Å². The first-order chi connectivity index (χ1) is 14.4. The number of fused-ring (bicyclic) bond motifs is 1. The molecule has 0 spiro atoms. The van der Waals surface area contributed by atoms with Crippen molar-refractivity contribution in [3.8, 4) is 11.4 Å². The van der Waals surface area contributed by atoms with E-state index in [1.54, 1.807) is 4.52 Å². The van der Waals surface area contributed by atoms with Crippen molar-refractivity contribution < 1.29 is 0 Å². The van der Waals surface area contributed by atoms with Crippen LogP contribution >= 0.6 is 0 Å². The molecular formula is C22H19N7. The van der Waals surface area contributed by atoms with Crippen molar-refractivity contribution in [3.05, 3.63) is 96.6 Å². The van der Waals surface area contributed by atoms with Gasteiger partial charge in [0.15, 0.2) is 11.5 Å². The quantitative estimate of drug-likeness (QED) is 0.486. The third-order valence-corrected chi connectivity index (χ3v) is 4.72. The van der Waals surface area contributed by atoms with Gasteiger partial charge in [0.25, 0.3) is 0 Å². The third-order valence-electron chi connectivity index (χ3n) is 4.72. The standard InChI is InChI=1S/C22H19N7/c1-3-7-17(8-4-1)16-28-14-13-23-21(28)15-24-19-11-12-20-25-26-22(29(20)27-19)18-9-5-2-6-10-18/h1-14H,15-16H2,(H,24,27). The maximum absolute atomic E-state index is 4.67. The molecule has 0 unspecified atom stereocenters. The summed E-state index contributed by atoms with van der Waals surface area (Å²) >= 11 is 0. The molecule has 0 radical (unpaired) electrons. The Kier molecular flexibility index (Phi) is 4.46. The van der Waals surface area contributed by atoms with Crippen LogP contribution in [0, 0.1) is 0 Å². The molecule has 7 nitrogen and oxygen atoms in total. The number of imidazole rings is 1. The first-order valence-electron chi connectivity index (χ1n) is 9.42. The highest BCUT2D eigenvalue weighted by atomic mass is 15.4. The van der Waals surface area contributed by atoms with Crippen molar-refractivity contribution in [2.45, 2.75) is 13.1 Å². The smallest absolute Gasteiger partial charge is 0.185 e. The number of benzene rings is 2. The highest BCUT2D eigenvalue weighted by Gasteiger charge is 2.10. The lowest BCUT2D eigenvalue weighted by Crippen LogP contribution is -2.11. The molecule has 0 aliphatic heterocycles. The van der Waals surface area contributed by atoms with E-state index in [-0.39, 0.29) is 0 Å². The average molecular weight is 381 g/mol. The highest BCUT2D eigenvalue weighted by molar-refractivity contribution is 5.59. The zero-order valence-electron chi connectivity index (χ0n) is 15.7. The lowest BCUT2D eigenvalue weighted by Gasteiger charge is -2.10. The van der Waals surface area contributed by atoms with Gasteiger partial charge in [-0.05, 0) is 17.7 Å². The second kappa shape index (κ2) is 7.55. The first kappa shape index (κ1) is 17.1. The molecule has 5 aromatic rings. The fraction of sp³-hybridized carbons (Fsp3) is 0.0909. The number of hydrogen-bond donors (Lipinski definition) is 1. The van der Waals surface area contributed by atoms with Crippen LogP contribution in [0.5, 0.6) is 0 Å². The van der Waals surface area contributed by atoms with Gasteiger partial charge in [0, 0.05) is 24.5 Å². The predicted molar refractivity (Wildman–Crippen MR) is 111 cm³/mol. The van der Waals surface area contributed by atoms with Gasteiger partial charge in [-0.1, -0.05) is 60.7 Å². The summed E-state index contributed by atoms with van der Waals surface area (Å²) in [5.41, 5.74) is 2.92. The van der Waals surface area contributed by atoms with E-state index in [0.29, 0.717) is 12.2 Å². The van der Waals surface area contributed by atoms with E-state index in [4.69, 9.17) is 0 Å². The molecule has 29 heavy (non-hydrogen) atoms. The number of nitrogens with one attached hydrogen (secondary N) is 1. The third kappa shape index (κ3) is 3.58. The molecule has 0 saturated heterocycles. The number of rotatable bonds is 6. The molecule has 0 aliphatic rings. The maximum atomic E-state index is 4.67. The molecule has 0 atom stereocenters. The summed E-state index contributed by atoms with van der Waals surface area (Å²) in [6.07, 6.45) is 3.82. The Morgan fingerprint density at radius 2 is 1.62 bits per heavy atom. The Labute approximate surface area is 167 Å². The fourth-order valence-corrected chi connectivity index (χ4v) is 3.25. The van der Waals surface area contributed by atoms with E-state index >= 15 is 0 Å². The highest BCUT2D eigenvalue weighted by Crippen LogP contribution is 2.18. The Bertz CT molecular complexity index is 1230. The first-order valence-corrected chi connectivity index (χ1v) is 9.42. The van der Waals surface area contributed by atoms with E-state index in [0.717, 1.165) is 29.6 Å². The predicted octanol–water partition coefficient (Wildman–Crippen LogP) is 3.65. The normalized spacial score (nSPS) is 11.0. The monoisotopic (exact) mass is 381 g/mol. The maximum Gasteiger partial charge on any atom is 0.185 e. The van der Waals surface area contributed by atoms with Crippen molar-refractivity contribution >= 4 is 11.5 Å². The fourth-order valence-electron chi connectivity index (χ4n) is 3.25. The molecule has 0 amide bonds. The Hall–Kier alpha value is -4.00. The molecule has 3 aromatic heterocycles. The Balaban J connectivity index is 1.36. The second-order valence-electron chi connectivity index (χ2n) is 6.69. The SMILES string of the molecule is c1ccc(Cn2ccnc2CNc2ccc3nnc(-c4ccccc4)n3n2)cc1. The van der Waals surface area contributed by atoms with Crippen LogP contribution in [-0.2, 0) is 13.1 Å². The molecule has 142 valence electrons. The largest absolute Gasteiger partial charge is 0.361 e. The molecule has 0 fully saturated rings. The summed E-state index contributed by atoms with van der Waals surface area (Å²) in [6, 6.07) is 24.1. The van der Waals surface area contributed by atoms with Gasteiger partial charge in [-0.25, -0.2) is 4.98 Å². The van der Waals surface area contributed by atoms with Crippen molar-refractivity contribution in [2.24, 2.45) is 0 Å². The molecule has 7 heteroatoms. The molecule has 0 bridgehead atoms. The van der Waals surface area contributed by atoms with Crippen LogP contribution in [0.3, 0.4) is 0 Å². The van der Waals surface area contributed by atoms with Crippen LogP contribution in [0.2, 0.25) is 0 Å². The van der Waals surface area contributed by atoms with Crippen LogP contribution in [0.15, 0.2) is 85.2 Å². The molecule has 0 saturated carbocycles. The number of anilines is 1. The molecular weight excluding hydrogens is 362 g/mol. The van der Waals surface area contributed by atoms with Gasteiger partial charge >= 0.3 is 0 Å². The van der Waals surface area contributed by atoms with E-state index < -0.39 is 0 Å². The van der Waals surface area contributed by atoms with Gasteiger partial charge < -0.3 is 9.88 Å². The Morgan fingerprint density at radius 3 is 2.45 bits per heavy atom. The minimum Gasteiger partial charge on any atom is -0.361 e. The molecule has 3 heterocycles. The average Bonchev–Trinajstić information content (AvgIpc) is 3.40. The van der Waals surface area contributed by atoms with Gasteiger partial charge in [-0.2, -0.15) is 4.52 Å². The topological polar surface area (TPSA) is 72.9 Å². The van der Waals surface area contributed by atoms with Gasteiger partial charge in [-0.3, -0.25) is 0 Å². The van der Waals surface area contributed by atoms with Crippen molar-refractivity contribution in [1.29, 1.82) is 0 Å². The van der Waals surface area contributed by atoms with E-state index in [9.17, 15) is 0 Å². The number of hydrogen-bond acceptors (Lipinski definition) is 5. The van der Waals surface area contributed by atoms with Crippen molar-refractivity contribution in [2.75, 3.05) is 5.32 Å². The molecule has 2 aromatic carbocycles. The summed E-state index contributed by atoms with van der Waals surface area (Å²) in [6.45, 7) is 1.36. The summed E-state index contributed by atoms with van der Waals surface area (Å²) in [5, 5.41) is 16.5. The lowest BCUT2D eigenvalue weighted by atomic mass is 10.2. The van der Waals surface area contributed by atoms with E-state index in [2.05, 4.69) is 42.3 Å². The summed E-state index contributed by atoms with van der Waals surface area (Å²) in [5.74, 6) is 2.40. The van der Waals surface area contributed by atoms with Crippen LogP contribution in [0.4, 0.5) is 5.82 Å². The van der Waals surface area contributed by atoms with Gasteiger partial charge in [0.05, 0.1) is 6.54 Å². The van der Waals surface area contributed by atoms with Crippen LogP contribution in [0.1, 0.15) is 11.4 Å². The zero-order chi connectivity index (χ0) is 19.5. The Morgan fingerprint density at radius 1 is 0.828 bits per heavy atom. The summed E-state index contributed by atoms with van der Waals surface area (Å²) in [7, 11) is 0. The van der Waals surface area contributed by atoms with E-state index in [1.807, 2.05) is 73.1 Å². The summed E-state index contributed by atoms with van der Waals surface area (Å²) in [4.78, 5) is 4.49. The zero-order valence-corrected chi connectivity index (χ0v) is 15.7. The number of nitrogens with zero attached hydrogens (tertiary/aromatic N) is 6. The summed E-state index contributed by atoms with van der Waals surface area (Å²) < 4.78 is 3.89. The van der Waals surface area contributed by atoms with Gasteiger partial charge in [-0.15, -0.1) is 15.3 Å².